The molecule has 0 bridgehead atoms. The predicted molar refractivity (Wildman–Crippen MR) is 144 cm³/mol. The Morgan fingerprint density at radius 2 is 1.37 bits per heavy atom. The van der Waals surface area contributed by atoms with Crippen molar-refractivity contribution >= 4 is 28.8 Å². The monoisotopic (exact) mass is 458 g/mol. The zero-order valence-corrected chi connectivity index (χ0v) is 19.9. The van der Waals surface area contributed by atoms with Gasteiger partial charge in [0.2, 0.25) is 5.91 Å². The molecule has 1 aliphatic carbocycles. The highest BCUT2D eigenvalue weighted by Crippen LogP contribution is 2.33. The molecule has 3 nitrogen and oxygen atoms in total. The van der Waals surface area contributed by atoms with Crippen LogP contribution in [-0.4, -0.2) is 29.9 Å². The Kier molecular flexibility index (Phi) is 5.93. The molecule has 0 radical (unpaired) electrons. The first-order valence-electron chi connectivity index (χ1n) is 12.6. The Morgan fingerprint density at radius 3 is 2.06 bits per heavy atom. The largest absolute Gasteiger partial charge is 0.341 e. The lowest BCUT2D eigenvalue weighted by molar-refractivity contribution is -0.132. The summed E-state index contributed by atoms with van der Waals surface area (Å²) < 4.78 is 0. The SMILES string of the molecule is O=C([C@H](Cc1ccc2ccccc2c1)NC1c2ccccc2C=Cc2ccccc21)N1CCCC1. The van der Waals surface area contributed by atoms with Gasteiger partial charge in [0, 0.05) is 13.1 Å². The predicted octanol–water partition coefficient (Wildman–Crippen LogP) is 6.24. The highest BCUT2D eigenvalue weighted by molar-refractivity contribution is 5.85. The lowest BCUT2D eigenvalue weighted by atomic mass is 9.92. The van der Waals surface area contributed by atoms with Gasteiger partial charge in [-0.05, 0) is 57.9 Å². The van der Waals surface area contributed by atoms with Gasteiger partial charge in [-0.1, -0.05) is 103 Å². The van der Waals surface area contributed by atoms with Crippen LogP contribution in [0.1, 0.15) is 46.7 Å². The average molecular weight is 459 g/mol. The molecule has 1 fully saturated rings. The summed E-state index contributed by atoms with van der Waals surface area (Å²) in [4.78, 5) is 15.9. The van der Waals surface area contributed by atoms with Crippen molar-refractivity contribution in [3.05, 3.63) is 119 Å². The van der Waals surface area contributed by atoms with E-state index in [4.69, 9.17) is 0 Å². The molecule has 174 valence electrons. The van der Waals surface area contributed by atoms with E-state index in [1.807, 2.05) is 4.90 Å². The molecular weight excluding hydrogens is 428 g/mol. The Hall–Kier alpha value is -3.69. The maximum absolute atomic E-state index is 13.8. The van der Waals surface area contributed by atoms with Crippen LogP contribution < -0.4 is 5.32 Å². The summed E-state index contributed by atoms with van der Waals surface area (Å²) in [6.45, 7) is 1.71. The molecule has 0 spiro atoms. The molecule has 0 unspecified atom stereocenters. The number of hydrogen-bond acceptors (Lipinski definition) is 2. The number of carbonyl (C=O) groups excluding carboxylic acids is 1. The molecule has 6 rings (SSSR count). The van der Waals surface area contributed by atoms with E-state index in [2.05, 4.69) is 108 Å². The topological polar surface area (TPSA) is 32.3 Å². The van der Waals surface area contributed by atoms with Crippen molar-refractivity contribution in [2.75, 3.05) is 13.1 Å². The van der Waals surface area contributed by atoms with Crippen LogP contribution in [0.15, 0.2) is 91.0 Å². The third-order valence-electron chi connectivity index (χ3n) is 7.39. The van der Waals surface area contributed by atoms with Crippen LogP contribution in [0.25, 0.3) is 22.9 Å². The summed E-state index contributed by atoms with van der Waals surface area (Å²) in [6.07, 6.45) is 7.22. The molecule has 4 aromatic carbocycles. The van der Waals surface area contributed by atoms with Crippen LogP contribution in [-0.2, 0) is 11.2 Å². The second kappa shape index (κ2) is 9.52. The second-order valence-electron chi connectivity index (χ2n) is 9.66. The van der Waals surface area contributed by atoms with Crippen LogP contribution in [0.2, 0.25) is 0 Å². The number of nitrogens with one attached hydrogen (secondary N) is 1. The molecule has 1 aliphatic heterocycles. The molecule has 3 heteroatoms. The van der Waals surface area contributed by atoms with Gasteiger partial charge in [-0.25, -0.2) is 0 Å². The molecule has 0 aromatic heterocycles. The van der Waals surface area contributed by atoms with Crippen LogP contribution in [0, 0.1) is 0 Å². The smallest absolute Gasteiger partial charge is 0.240 e. The van der Waals surface area contributed by atoms with Crippen LogP contribution >= 0.6 is 0 Å². The first-order chi connectivity index (χ1) is 17.3. The average Bonchev–Trinajstić information content (AvgIpc) is 3.40. The summed E-state index contributed by atoms with van der Waals surface area (Å²) in [5, 5.41) is 6.29. The molecule has 35 heavy (non-hydrogen) atoms. The minimum absolute atomic E-state index is 0.0607. The maximum atomic E-state index is 13.8. The van der Waals surface area contributed by atoms with Gasteiger partial charge < -0.3 is 4.90 Å². The maximum Gasteiger partial charge on any atom is 0.240 e. The number of nitrogens with zero attached hydrogens (tertiary/aromatic N) is 1. The van der Waals surface area contributed by atoms with E-state index >= 15 is 0 Å². The Bertz CT molecular complexity index is 1350. The third kappa shape index (κ3) is 4.40. The first kappa shape index (κ1) is 21.8. The zero-order valence-electron chi connectivity index (χ0n) is 19.9. The van der Waals surface area contributed by atoms with Crippen molar-refractivity contribution < 1.29 is 4.79 Å². The van der Waals surface area contributed by atoms with Crippen molar-refractivity contribution in [2.45, 2.75) is 31.3 Å². The summed E-state index contributed by atoms with van der Waals surface area (Å²) in [5.74, 6) is 0.211. The lowest BCUT2D eigenvalue weighted by Crippen LogP contribution is -2.48. The van der Waals surface area contributed by atoms with E-state index in [9.17, 15) is 4.79 Å². The number of carbonyl (C=O) groups is 1. The van der Waals surface area contributed by atoms with E-state index < -0.39 is 0 Å². The van der Waals surface area contributed by atoms with E-state index in [0.717, 1.165) is 25.9 Å². The molecular formula is C32H30N2O. The molecule has 1 saturated heterocycles. The third-order valence-corrected chi connectivity index (χ3v) is 7.39. The molecule has 2 aliphatic rings. The Balaban J connectivity index is 1.39. The highest BCUT2D eigenvalue weighted by Gasteiger charge is 2.31. The van der Waals surface area contributed by atoms with Crippen molar-refractivity contribution in [2.24, 2.45) is 0 Å². The quantitative estimate of drug-likeness (QED) is 0.384. The summed E-state index contributed by atoms with van der Waals surface area (Å²) in [6, 6.07) is 31.7. The van der Waals surface area contributed by atoms with Crippen molar-refractivity contribution in [3.8, 4) is 0 Å². The normalized spacial score (nSPS) is 16.1. The van der Waals surface area contributed by atoms with Gasteiger partial charge in [-0.3, -0.25) is 10.1 Å². The molecule has 1 N–H and O–H groups in total. The minimum Gasteiger partial charge on any atom is -0.341 e. The Morgan fingerprint density at radius 1 is 0.771 bits per heavy atom. The van der Waals surface area contributed by atoms with Crippen molar-refractivity contribution in [3.63, 3.8) is 0 Å². The number of likely N-dealkylation sites (tertiary alicyclic amines) is 1. The van der Waals surface area contributed by atoms with E-state index in [0.29, 0.717) is 6.42 Å². The number of benzene rings is 4. The number of rotatable bonds is 5. The number of amides is 1. The van der Waals surface area contributed by atoms with Crippen LogP contribution in [0.3, 0.4) is 0 Å². The minimum atomic E-state index is -0.307. The summed E-state index contributed by atoms with van der Waals surface area (Å²) in [7, 11) is 0. The van der Waals surface area contributed by atoms with Gasteiger partial charge in [0.1, 0.15) is 0 Å². The van der Waals surface area contributed by atoms with Gasteiger partial charge in [0.25, 0.3) is 0 Å². The number of fused-ring (bicyclic) bond motifs is 3. The van der Waals surface area contributed by atoms with E-state index in [1.54, 1.807) is 0 Å². The van der Waals surface area contributed by atoms with Crippen molar-refractivity contribution in [1.82, 2.24) is 10.2 Å². The van der Waals surface area contributed by atoms with E-state index in [-0.39, 0.29) is 18.0 Å². The molecule has 4 aromatic rings. The van der Waals surface area contributed by atoms with E-state index in [1.165, 1.54) is 38.6 Å². The second-order valence-corrected chi connectivity index (χ2v) is 9.66. The Labute approximate surface area is 207 Å². The lowest BCUT2D eigenvalue weighted by Gasteiger charge is -2.30. The first-order valence-corrected chi connectivity index (χ1v) is 12.6. The number of hydrogen-bond donors (Lipinski definition) is 1. The fourth-order valence-corrected chi connectivity index (χ4v) is 5.56. The van der Waals surface area contributed by atoms with Gasteiger partial charge in [-0.15, -0.1) is 0 Å². The van der Waals surface area contributed by atoms with Gasteiger partial charge in [-0.2, -0.15) is 0 Å². The van der Waals surface area contributed by atoms with Crippen LogP contribution in [0.5, 0.6) is 0 Å². The molecule has 1 amide bonds. The summed E-state index contributed by atoms with van der Waals surface area (Å²) >= 11 is 0. The van der Waals surface area contributed by atoms with Crippen LogP contribution in [0.4, 0.5) is 0 Å². The fourth-order valence-electron chi connectivity index (χ4n) is 5.56. The molecule has 0 saturated carbocycles. The zero-order chi connectivity index (χ0) is 23.6. The fraction of sp³-hybridized carbons (Fsp3) is 0.219. The van der Waals surface area contributed by atoms with Gasteiger partial charge >= 0.3 is 0 Å². The van der Waals surface area contributed by atoms with Gasteiger partial charge in [0.05, 0.1) is 12.1 Å². The van der Waals surface area contributed by atoms with Crippen molar-refractivity contribution in [1.29, 1.82) is 0 Å². The standard InChI is InChI=1S/C32H30N2O/c35-32(34-19-7-8-20-34)30(22-23-15-16-24-9-1-2-12-27(24)21-23)33-31-28-13-5-3-10-25(28)17-18-26-11-4-6-14-29(26)31/h1-6,9-18,21,30-31,33H,7-8,19-20,22H2/t30-/m0/s1. The van der Waals surface area contributed by atoms with Gasteiger partial charge in [0.15, 0.2) is 0 Å². The highest BCUT2D eigenvalue weighted by atomic mass is 16.2. The molecule has 1 heterocycles. The summed E-state index contributed by atoms with van der Waals surface area (Å²) in [5.41, 5.74) is 6.00. The molecule has 1 atom stereocenters.